The Bertz CT molecular complexity index is 762. The van der Waals surface area contributed by atoms with E-state index in [1.807, 2.05) is 6.07 Å². The Morgan fingerprint density at radius 3 is 2.56 bits per heavy atom. The van der Waals surface area contributed by atoms with Gasteiger partial charge in [-0.15, -0.1) is 0 Å². The average molecular weight is 381 g/mol. The molecule has 0 aliphatic heterocycles. The van der Waals surface area contributed by atoms with Gasteiger partial charge in [0, 0.05) is 16.6 Å². The van der Waals surface area contributed by atoms with Crippen LogP contribution in [0.25, 0.3) is 0 Å². The molecule has 2 unspecified atom stereocenters. The van der Waals surface area contributed by atoms with Gasteiger partial charge < -0.3 is 15.1 Å². The lowest BCUT2D eigenvalue weighted by atomic mass is 10.1. The topological polar surface area (TPSA) is 71.3 Å². The van der Waals surface area contributed by atoms with Crippen LogP contribution in [0.5, 0.6) is 0 Å². The Balaban J connectivity index is 1.38. The highest BCUT2D eigenvalue weighted by atomic mass is 35.5. The quantitative estimate of drug-likeness (QED) is 0.774. The van der Waals surface area contributed by atoms with Crippen LogP contribution in [-0.2, 0) is 22.6 Å². The second kappa shape index (κ2) is 7.93. The zero-order chi connectivity index (χ0) is 17.8. The fraction of sp³-hybridized carbons (Fsp3) is 0.333. The largest absolute Gasteiger partial charge is 0.467 e. The molecular weight excluding hydrogens is 363 g/mol. The first kappa shape index (κ1) is 17.8. The van der Waals surface area contributed by atoms with Crippen LogP contribution in [0.4, 0.5) is 0 Å². The highest BCUT2D eigenvalue weighted by molar-refractivity contribution is 6.35. The molecule has 0 bridgehead atoms. The molecule has 1 heterocycles. The summed E-state index contributed by atoms with van der Waals surface area (Å²) >= 11 is 12.0. The van der Waals surface area contributed by atoms with Crippen LogP contribution in [0.2, 0.25) is 10.0 Å². The van der Waals surface area contributed by atoms with E-state index in [0.29, 0.717) is 41.7 Å². The van der Waals surface area contributed by atoms with Crippen LogP contribution in [0.15, 0.2) is 41.0 Å². The Morgan fingerprint density at radius 2 is 1.88 bits per heavy atom. The zero-order valence-corrected chi connectivity index (χ0v) is 14.9. The molecule has 2 N–H and O–H groups in total. The molecule has 2 atom stereocenters. The third-order valence-corrected chi connectivity index (χ3v) is 4.78. The SMILES string of the molecule is O=C(NCCc1ccc(Cl)cc1Cl)C1CC1C(=O)NCc1ccco1. The van der Waals surface area contributed by atoms with Crippen molar-refractivity contribution in [1.29, 1.82) is 0 Å². The standard InChI is InChI=1S/C18H18Cl2N2O3/c19-12-4-3-11(16(20)8-12)5-6-21-17(23)14-9-15(14)18(24)22-10-13-2-1-7-25-13/h1-4,7-8,14-15H,5-6,9-10H2,(H,21,23)(H,22,24). The van der Waals surface area contributed by atoms with Crippen LogP contribution < -0.4 is 10.6 Å². The van der Waals surface area contributed by atoms with Crippen LogP contribution in [0.3, 0.4) is 0 Å². The van der Waals surface area contributed by atoms with Gasteiger partial charge in [-0.3, -0.25) is 9.59 Å². The predicted octanol–water partition coefficient (Wildman–Crippen LogP) is 3.20. The smallest absolute Gasteiger partial charge is 0.224 e. The van der Waals surface area contributed by atoms with Crippen LogP contribution in [-0.4, -0.2) is 18.4 Å². The molecule has 1 aliphatic rings. The van der Waals surface area contributed by atoms with Gasteiger partial charge in [0.1, 0.15) is 5.76 Å². The normalized spacial score (nSPS) is 18.6. The van der Waals surface area contributed by atoms with Gasteiger partial charge in [0.25, 0.3) is 0 Å². The first-order valence-electron chi connectivity index (χ1n) is 8.06. The van der Waals surface area contributed by atoms with Gasteiger partial charge in [-0.25, -0.2) is 0 Å². The minimum absolute atomic E-state index is 0.0942. The maximum atomic E-state index is 12.1. The van der Waals surface area contributed by atoms with E-state index in [-0.39, 0.29) is 23.7 Å². The van der Waals surface area contributed by atoms with Crippen LogP contribution in [0, 0.1) is 11.8 Å². The summed E-state index contributed by atoms with van der Waals surface area (Å²) in [4.78, 5) is 24.1. The molecule has 0 saturated heterocycles. The van der Waals surface area contributed by atoms with E-state index >= 15 is 0 Å². The number of hydrogen-bond donors (Lipinski definition) is 2. The maximum absolute atomic E-state index is 12.1. The lowest BCUT2D eigenvalue weighted by Gasteiger charge is -2.07. The number of carbonyl (C=O) groups excluding carboxylic acids is 2. The Kier molecular flexibility index (Phi) is 5.66. The van der Waals surface area contributed by atoms with E-state index in [1.165, 1.54) is 0 Å². The second-order valence-corrected chi connectivity index (χ2v) is 6.87. The summed E-state index contributed by atoms with van der Waals surface area (Å²) < 4.78 is 5.16. The third kappa shape index (κ3) is 4.77. The van der Waals surface area contributed by atoms with Crippen molar-refractivity contribution < 1.29 is 14.0 Å². The molecule has 1 fully saturated rings. The van der Waals surface area contributed by atoms with E-state index in [4.69, 9.17) is 27.6 Å². The number of benzene rings is 1. The fourth-order valence-electron chi connectivity index (χ4n) is 2.67. The van der Waals surface area contributed by atoms with Gasteiger partial charge in [-0.1, -0.05) is 29.3 Å². The first-order valence-corrected chi connectivity index (χ1v) is 8.82. The highest BCUT2D eigenvalue weighted by Gasteiger charge is 2.47. The van der Waals surface area contributed by atoms with Crippen molar-refractivity contribution in [3.8, 4) is 0 Å². The first-order chi connectivity index (χ1) is 12.0. The molecule has 1 aromatic heterocycles. The van der Waals surface area contributed by atoms with Gasteiger partial charge in [0.2, 0.25) is 11.8 Å². The molecule has 25 heavy (non-hydrogen) atoms. The number of furan rings is 1. The van der Waals surface area contributed by atoms with Crippen LogP contribution in [0.1, 0.15) is 17.7 Å². The molecule has 0 radical (unpaired) electrons. The molecule has 0 spiro atoms. The second-order valence-electron chi connectivity index (χ2n) is 6.02. The number of nitrogens with one attached hydrogen (secondary N) is 2. The Morgan fingerprint density at radius 1 is 1.12 bits per heavy atom. The number of rotatable bonds is 7. The third-order valence-electron chi connectivity index (χ3n) is 4.19. The highest BCUT2D eigenvalue weighted by Crippen LogP contribution is 2.38. The van der Waals surface area contributed by atoms with Gasteiger partial charge in [0.05, 0.1) is 24.6 Å². The molecular formula is C18H18Cl2N2O3. The van der Waals surface area contributed by atoms with E-state index in [2.05, 4.69) is 10.6 Å². The van der Waals surface area contributed by atoms with Gasteiger partial charge >= 0.3 is 0 Å². The lowest BCUT2D eigenvalue weighted by Crippen LogP contribution is -2.31. The van der Waals surface area contributed by atoms with Crippen molar-refractivity contribution >= 4 is 35.0 Å². The van der Waals surface area contributed by atoms with Crippen molar-refractivity contribution in [2.75, 3.05) is 6.54 Å². The lowest BCUT2D eigenvalue weighted by molar-refractivity contribution is -0.127. The molecule has 1 aromatic carbocycles. The predicted molar refractivity (Wildman–Crippen MR) is 95.3 cm³/mol. The molecule has 1 aliphatic carbocycles. The fourth-order valence-corrected chi connectivity index (χ4v) is 3.17. The Labute approximate surface area is 155 Å². The van der Waals surface area contributed by atoms with Gasteiger partial charge in [0.15, 0.2) is 0 Å². The summed E-state index contributed by atoms with van der Waals surface area (Å²) in [7, 11) is 0. The van der Waals surface area contributed by atoms with E-state index < -0.39 is 0 Å². The monoisotopic (exact) mass is 380 g/mol. The van der Waals surface area contributed by atoms with Crippen molar-refractivity contribution in [3.05, 3.63) is 58.0 Å². The number of hydrogen-bond acceptors (Lipinski definition) is 3. The van der Waals surface area contributed by atoms with E-state index in [9.17, 15) is 9.59 Å². The number of amides is 2. The summed E-state index contributed by atoms with van der Waals surface area (Å²) in [5, 5.41) is 6.81. The summed E-state index contributed by atoms with van der Waals surface area (Å²) in [6.07, 6.45) is 2.75. The van der Waals surface area contributed by atoms with Crippen molar-refractivity contribution in [1.82, 2.24) is 10.6 Å². The summed E-state index contributed by atoms with van der Waals surface area (Å²) in [6.45, 7) is 0.809. The summed E-state index contributed by atoms with van der Waals surface area (Å²) in [6, 6.07) is 8.85. The molecule has 1 saturated carbocycles. The van der Waals surface area contributed by atoms with Crippen molar-refractivity contribution in [3.63, 3.8) is 0 Å². The van der Waals surface area contributed by atoms with Gasteiger partial charge in [-0.2, -0.15) is 0 Å². The minimum Gasteiger partial charge on any atom is -0.467 e. The molecule has 7 heteroatoms. The van der Waals surface area contributed by atoms with E-state index in [0.717, 1.165) is 5.56 Å². The van der Waals surface area contributed by atoms with Crippen LogP contribution >= 0.6 is 23.2 Å². The average Bonchev–Trinajstić information content (AvgIpc) is 3.22. The van der Waals surface area contributed by atoms with Crippen molar-refractivity contribution in [2.24, 2.45) is 11.8 Å². The maximum Gasteiger partial charge on any atom is 0.224 e. The van der Waals surface area contributed by atoms with E-state index in [1.54, 1.807) is 30.5 Å². The molecule has 5 nitrogen and oxygen atoms in total. The molecule has 132 valence electrons. The number of halogens is 2. The summed E-state index contributed by atoms with van der Waals surface area (Å²) in [5.41, 5.74) is 0.926. The molecule has 2 amide bonds. The molecule has 3 rings (SSSR count). The zero-order valence-electron chi connectivity index (χ0n) is 13.4. The molecule has 2 aromatic rings. The minimum atomic E-state index is -0.255. The Hall–Kier alpha value is -1.98. The summed E-state index contributed by atoms with van der Waals surface area (Å²) in [5.74, 6) is -0.0262. The van der Waals surface area contributed by atoms with Crippen molar-refractivity contribution in [2.45, 2.75) is 19.4 Å². The number of carbonyl (C=O) groups is 2. The van der Waals surface area contributed by atoms with Gasteiger partial charge in [-0.05, 0) is 42.7 Å².